The average Bonchev–Trinajstić information content (AvgIpc) is 2.76. The minimum atomic E-state index is -0.193. The molecule has 20 heavy (non-hydrogen) atoms. The number of aryl methyl sites for hydroxylation is 3. The molecule has 6 heteroatoms. The molecule has 0 saturated heterocycles. The van der Waals surface area contributed by atoms with Crippen LogP contribution in [0, 0.1) is 13.8 Å². The summed E-state index contributed by atoms with van der Waals surface area (Å²) in [6.07, 6.45) is 0. The summed E-state index contributed by atoms with van der Waals surface area (Å²) in [6.45, 7) is 3.81. The van der Waals surface area contributed by atoms with Crippen LogP contribution in [0.15, 0.2) is 29.1 Å². The Balaban J connectivity index is 2.36. The van der Waals surface area contributed by atoms with E-state index >= 15 is 0 Å². The zero-order chi connectivity index (χ0) is 14.4. The van der Waals surface area contributed by atoms with Crippen molar-refractivity contribution in [3.63, 3.8) is 0 Å². The normalized spacial score (nSPS) is 11.2. The van der Waals surface area contributed by atoms with E-state index in [9.17, 15) is 4.79 Å². The Morgan fingerprint density at radius 1 is 1.10 bits per heavy atom. The Kier molecular flexibility index (Phi) is 2.87. The number of rotatable bonds is 1. The predicted molar refractivity (Wildman–Crippen MR) is 78.6 cm³/mol. The molecule has 0 atom stereocenters. The molecule has 2 heterocycles. The van der Waals surface area contributed by atoms with Gasteiger partial charge in [-0.05, 0) is 38.1 Å². The van der Waals surface area contributed by atoms with Gasteiger partial charge >= 0.3 is 0 Å². The van der Waals surface area contributed by atoms with Crippen molar-refractivity contribution in [3.8, 4) is 5.69 Å². The lowest BCUT2D eigenvalue weighted by atomic mass is 10.2. The lowest BCUT2D eigenvalue weighted by Crippen LogP contribution is -2.20. The Hall–Kier alpha value is -2.14. The Labute approximate surface area is 120 Å². The maximum atomic E-state index is 12.1. The number of nitrogens with zero attached hydrogens (tertiary/aromatic N) is 4. The Morgan fingerprint density at radius 3 is 2.40 bits per heavy atom. The lowest BCUT2D eigenvalue weighted by molar-refractivity contribution is 0.702. The molecule has 0 aliphatic carbocycles. The zero-order valence-electron chi connectivity index (χ0n) is 11.4. The van der Waals surface area contributed by atoms with Crippen LogP contribution in [-0.2, 0) is 7.05 Å². The number of hydrogen-bond donors (Lipinski definition) is 0. The molecule has 0 radical (unpaired) electrons. The molecule has 0 unspecified atom stereocenters. The number of halogens is 1. The van der Waals surface area contributed by atoms with Crippen molar-refractivity contribution >= 4 is 22.5 Å². The minimum absolute atomic E-state index is 0.193. The maximum absolute atomic E-state index is 12.1. The number of fused-ring (bicyclic) bond motifs is 1. The van der Waals surface area contributed by atoms with Gasteiger partial charge in [-0.15, -0.1) is 0 Å². The molecule has 1 aromatic carbocycles. The fourth-order valence-electron chi connectivity index (χ4n) is 2.39. The van der Waals surface area contributed by atoms with Crippen LogP contribution >= 0.6 is 11.6 Å². The van der Waals surface area contributed by atoms with E-state index in [-0.39, 0.29) is 5.56 Å². The van der Waals surface area contributed by atoms with Crippen molar-refractivity contribution < 1.29 is 0 Å². The summed E-state index contributed by atoms with van der Waals surface area (Å²) in [5.74, 6) is 0. The molecule has 0 amide bonds. The van der Waals surface area contributed by atoms with Gasteiger partial charge in [0.25, 0.3) is 5.56 Å². The molecule has 0 N–H and O–H groups in total. The topological polar surface area (TPSA) is 52.7 Å². The van der Waals surface area contributed by atoms with E-state index in [1.165, 1.54) is 4.68 Å². The molecule has 0 bridgehead atoms. The fraction of sp³-hybridized carbons (Fsp3) is 0.214. The second-order valence-electron chi connectivity index (χ2n) is 4.71. The number of aromatic nitrogens is 4. The standard InChI is InChI=1S/C14H13ClN4O/c1-8-12-9(2)19(11-6-4-10(15)5-7-11)17-13(12)14(20)18(3)16-8/h4-7H,1-3H3. The van der Waals surface area contributed by atoms with E-state index in [2.05, 4.69) is 10.2 Å². The van der Waals surface area contributed by atoms with Gasteiger partial charge in [0, 0.05) is 12.1 Å². The van der Waals surface area contributed by atoms with Gasteiger partial charge in [0.05, 0.1) is 22.5 Å². The summed E-state index contributed by atoms with van der Waals surface area (Å²) < 4.78 is 3.06. The summed E-state index contributed by atoms with van der Waals surface area (Å²) in [4.78, 5) is 12.1. The van der Waals surface area contributed by atoms with Crippen LogP contribution in [0.1, 0.15) is 11.4 Å². The molecule has 0 spiro atoms. The summed E-state index contributed by atoms with van der Waals surface area (Å²) in [6, 6.07) is 7.33. The van der Waals surface area contributed by atoms with Crippen molar-refractivity contribution in [2.24, 2.45) is 7.05 Å². The second-order valence-corrected chi connectivity index (χ2v) is 5.15. The molecular weight excluding hydrogens is 276 g/mol. The molecule has 102 valence electrons. The first kappa shape index (κ1) is 12.9. The molecule has 2 aromatic heterocycles. The van der Waals surface area contributed by atoms with E-state index < -0.39 is 0 Å². The third-order valence-electron chi connectivity index (χ3n) is 3.35. The Morgan fingerprint density at radius 2 is 1.75 bits per heavy atom. The van der Waals surface area contributed by atoms with Gasteiger partial charge in [-0.3, -0.25) is 4.79 Å². The van der Waals surface area contributed by atoms with E-state index in [0.717, 1.165) is 22.5 Å². The van der Waals surface area contributed by atoms with Crippen LogP contribution < -0.4 is 5.56 Å². The van der Waals surface area contributed by atoms with E-state index in [1.807, 2.05) is 26.0 Å². The first-order chi connectivity index (χ1) is 9.49. The van der Waals surface area contributed by atoms with Crippen molar-refractivity contribution in [2.45, 2.75) is 13.8 Å². The summed E-state index contributed by atoms with van der Waals surface area (Å²) in [5, 5.41) is 10.1. The van der Waals surface area contributed by atoms with Crippen LogP contribution in [0.3, 0.4) is 0 Å². The summed E-state index contributed by atoms with van der Waals surface area (Å²) >= 11 is 5.90. The van der Waals surface area contributed by atoms with Crippen LogP contribution in [-0.4, -0.2) is 19.6 Å². The molecule has 0 fully saturated rings. The highest BCUT2D eigenvalue weighted by Gasteiger charge is 2.16. The van der Waals surface area contributed by atoms with Crippen molar-refractivity contribution in [2.75, 3.05) is 0 Å². The molecule has 5 nitrogen and oxygen atoms in total. The highest BCUT2D eigenvalue weighted by atomic mass is 35.5. The monoisotopic (exact) mass is 288 g/mol. The first-order valence-corrected chi connectivity index (χ1v) is 6.56. The SMILES string of the molecule is Cc1nn(C)c(=O)c2nn(-c3ccc(Cl)cc3)c(C)c12. The minimum Gasteiger partial charge on any atom is -0.265 e. The van der Waals surface area contributed by atoms with E-state index in [0.29, 0.717) is 10.5 Å². The number of hydrogen-bond acceptors (Lipinski definition) is 3. The van der Waals surface area contributed by atoms with Gasteiger partial charge in [-0.2, -0.15) is 10.2 Å². The summed E-state index contributed by atoms with van der Waals surface area (Å²) in [7, 11) is 1.63. The van der Waals surface area contributed by atoms with Gasteiger partial charge < -0.3 is 0 Å². The van der Waals surface area contributed by atoms with Crippen LogP contribution in [0.2, 0.25) is 5.02 Å². The predicted octanol–water partition coefficient (Wildman–Crippen LogP) is 2.39. The van der Waals surface area contributed by atoms with Gasteiger partial charge in [0.15, 0.2) is 5.52 Å². The van der Waals surface area contributed by atoms with Crippen LogP contribution in [0.5, 0.6) is 0 Å². The molecule has 0 saturated carbocycles. The van der Waals surface area contributed by atoms with Crippen molar-refractivity contribution in [3.05, 3.63) is 51.0 Å². The van der Waals surface area contributed by atoms with Gasteiger partial charge in [-0.25, -0.2) is 9.36 Å². The fourth-order valence-corrected chi connectivity index (χ4v) is 2.52. The maximum Gasteiger partial charge on any atom is 0.294 e. The van der Waals surface area contributed by atoms with Crippen LogP contribution in [0.4, 0.5) is 0 Å². The quantitative estimate of drug-likeness (QED) is 0.691. The molecule has 0 aliphatic heterocycles. The molecule has 3 aromatic rings. The summed E-state index contributed by atoms with van der Waals surface area (Å²) in [5.41, 5.74) is 2.79. The van der Waals surface area contributed by atoms with Gasteiger partial charge in [0.1, 0.15) is 0 Å². The van der Waals surface area contributed by atoms with Crippen molar-refractivity contribution in [1.82, 2.24) is 19.6 Å². The largest absolute Gasteiger partial charge is 0.294 e. The number of benzene rings is 1. The smallest absolute Gasteiger partial charge is 0.265 e. The highest BCUT2D eigenvalue weighted by molar-refractivity contribution is 6.30. The van der Waals surface area contributed by atoms with Gasteiger partial charge in [0.2, 0.25) is 0 Å². The van der Waals surface area contributed by atoms with E-state index in [1.54, 1.807) is 23.9 Å². The molecular formula is C14H13ClN4O. The molecule has 3 rings (SSSR count). The first-order valence-electron chi connectivity index (χ1n) is 6.18. The zero-order valence-corrected chi connectivity index (χ0v) is 12.1. The Bertz CT molecular complexity index is 861. The molecule has 0 aliphatic rings. The van der Waals surface area contributed by atoms with Crippen LogP contribution in [0.25, 0.3) is 16.6 Å². The van der Waals surface area contributed by atoms with Gasteiger partial charge in [-0.1, -0.05) is 11.6 Å². The third-order valence-corrected chi connectivity index (χ3v) is 3.60. The highest BCUT2D eigenvalue weighted by Crippen LogP contribution is 2.21. The van der Waals surface area contributed by atoms with E-state index in [4.69, 9.17) is 11.6 Å². The lowest BCUT2D eigenvalue weighted by Gasteiger charge is -2.04. The van der Waals surface area contributed by atoms with Crippen molar-refractivity contribution in [1.29, 1.82) is 0 Å². The second kappa shape index (κ2) is 4.45. The third kappa shape index (κ3) is 1.82. The average molecular weight is 289 g/mol.